The van der Waals surface area contributed by atoms with E-state index in [0.29, 0.717) is 18.7 Å². The maximum Gasteiger partial charge on any atom is 0.227 e. The lowest BCUT2D eigenvalue weighted by Crippen LogP contribution is -2.37. The molecule has 0 atom stereocenters. The van der Waals surface area contributed by atoms with Gasteiger partial charge in [0.1, 0.15) is 0 Å². The fraction of sp³-hybridized carbons (Fsp3) is 0.545. The molecule has 1 aromatic heterocycles. The average Bonchev–Trinajstić information content (AvgIpc) is 2.51. The van der Waals surface area contributed by atoms with Crippen LogP contribution in [0.2, 0.25) is 0 Å². The van der Waals surface area contributed by atoms with Crippen LogP contribution in [0.25, 0.3) is 0 Å². The molecule has 2 rings (SSSR count). The minimum absolute atomic E-state index is 0.139. The van der Waals surface area contributed by atoms with E-state index in [4.69, 9.17) is 4.74 Å². The Hall–Kier alpha value is -1.85. The van der Waals surface area contributed by atoms with Crippen molar-refractivity contribution in [1.29, 1.82) is 0 Å². The molecule has 2 amide bonds. The number of methoxy groups -OCH3 is 1. The fourth-order valence-electron chi connectivity index (χ4n) is 2.35. The molecule has 0 aliphatic carbocycles. The van der Waals surface area contributed by atoms with Crippen LogP contribution in [0, 0.1) is 6.92 Å². The number of carbonyl (C=O) groups excluding carboxylic acids is 2. The van der Waals surface area contributed by atoms with Gasteiger partial charge in [0.15, 0.2) is 0 Å². The molecule has 2 heterocycles. The van der Waals surface area contributed by atoms with Crippen molar-refractivity contribution in [2.45, 2.75) is 25.7 Å². The predicted molar refractivity (Wildman–Crippen MR) is 59.6 cm³/mol. The highest BCUT2D eigenvalue weighted by Gasteiger charge is 2.31. The monoisotopic (exact) mass is 237 g/mol. The van der Waals surface area contributed by atoms with Gasteiger partial charge < -0.3 is 4.74 Å². The van der Waals surface area contributed by atoms with Crippen LogP contribution in [0.3, 0.4) is 0 Å². The number of carbonyl (C=O) groups is 2. The summed E-state index contributed by atoms with van der Waals surface area (Å²) in [6.07, 6.45) is 0.600. The number of piperidine rings is 1. The molecule has 92 valence electrons. The van der Waals surface area contributed by atoms with Gasteiger partial charge in [-0.1, -0.05) is 0 Å². The molecule has 1 aliphatic rings. The van der Waals surface area contributed by atoms with E-state index in [1.165, 1.54) is 0 Å². The summed E-state index contributed by atoms with van der Waals surface area (Å²) in [6.45, 7) is 1.86. The van der Waals surface area contributed by atoms with Crippen molar-refractivity contribution in [3.05, 3.63) is 11.3 Å². The van der Waals surface area contributed by atoms with E-state index in [1.807, 2.05) is 6.92 Å². The summed E-state index contributed by atoms with van der Waals surface area (Å²) in [5, 5.41) is 6.55. The Morgan fingerprint density at radius 3 is 2.47 bits per heavy atom. The van der Waals surface area contributed by atoms with Crippen LogP contribution in [0.1, 0.15) is 30.0 Å². The number of rotatable bonds is 2. The van der Waals surface area contributed by atoms with Crippen molar-refractivity contribution >= 4 is 11.8 Å². The molecule has 6 heteroatoms. The Balaban J connectivity index is 2.39. The van der Waals surface area contributed by atoms with Crippen LogP contribution in [-0.4, -0.2) is 28.7 Å². The van der Waals surface area contributed by atoms with Crippen molar-refractivity contribution in [2.24, 2.45) is 7.05 Å². The van der Waals surface area contributed by atoms with Crippen LogP contribution in [-0.2, 0) is 16.6 Å². The summed E-state index contributed by atoms with van der Waals surface area (Å²) in [7, 11) is 3.34. The molecule has 0 unspecified atom stereocenters. The Kier molecular flexibility index (Phi) is 2.87. The van der Waals surface area contributed by atoms with Gasteiger partial charge in [-0.3, -0.25) is 14.9 Å². The first-order valence-electron chi connectivity index (χ1n) is 5.43. The van der Waals surface area contributed by atoms with Crippen LogP contribution in [0.5, 0.6) is 5.88 Å². The first kappa shape index (κ1) is 11.6. The molecule has 0 aromatic carbocycles. The van der Waals surface area contributed by atoms with Crippen molar-refractivity contribution < 1.29 is 14.3 Å². The molecule has 1 fully saturated rings. The number of amides is 2. The van der Waals surface area contributed by atoms with Gasteiger partial charge in [0, 0.05) is 31.4 Å². The van der Waals surface area contributed by atoms with Gasteiger partial charge in [-0.2, -0.15) is 5.10 Å². The lowest BCUT2D eigenvalue weighted by atomic mass is 9.89. The van der Waals surface area contributed by atoms with Gasteiger partial charge in [0.25, 0.3) is 0 Å². The smallest absolute Gasteiger partial charge is 0.227 e. The highest BCUT2D eigenvalue weighted by Crippen LogP contribution is 2.35. The van der Waals surface area contributed by atoms with Gasteiger partial charge in [-0.05, 0) is 6.92 Å². The van der Waals surface area contributed by atoms with Crippen LogP contribution in [0.15, 0.2) is 0 Å². The van der Waals surface area contributed by atoms with Gasteiger partial charge >= 0.3 is 0 Å². The van der Waals surface area contributed by atoms with Crippen molar-refractivity contribution in [3.63, 3.8) is 0 Å². The van der Waals surface area contributed by atoms with E-state index < -0.39 is 0 Å². The number of hydrogen-bond acceptors (Lipinski definition) is 4. The molecule has 1 aromatic rings. The van der Waals surface area contributed by atoms with Crippen molar-refractivity contribution in [2.75, 3.05) is 7.11 Å². The minimum atomic E-state index is -0.239. The Bertz CT molecular complexity index is 463. The van der Waals surface area contributed by atoms with E-state index >= 15 is 0 Å². The molecule has 0 radical (unpaired) electrons. The zero-order valence-corrected chi connectivity index (χ0v) is 10.1. The zero-order valence-electron chi connectivity index (χ0n) is 10.1. The highest BCUT2D eigenvalue weighted by atomic mass is 16.5. The molecular weight excluding hydrogens is 222 g/mol. The minimum Gasteiger partial charge on any atom is -0.481 e. The van der Waals surface area contributed by atoms with E-state index in [-0.39, 0.29) is 17.7 Å². The molecular formula is C11H15N3O3. The number of ether oxygens (including phenoxy) is 1. The summed E-state index contributed by atoms with van der Waals surface area (Å²) in [4.78, 5) is 22.7. The zero-order chi connectivity index (χ0) is 12.6. The molecule has 17 heavy (non-hydrogen) atoms. The van der Waals surface area contributed by atoms with Crippen molar-refractivity contribution in [1.82, 2.24) is 15.1 Å². The second-order valence-corrected chi connectivity index (χ2v) is 4.21. The van der Waals surface area contributed by atoms with E-state index in [9.17, 15) is 9.59 Å². The van der Waals surface area contributed by atoms with Crippen LogP contribution < -0.4 is 10.1 Å². The number of nitrogens with zero attached hydrogens (tertiary/aromatic N) is 2. The first-order chi connectivity index (χ1) is 8.02. The number of aromatic nitrogens is 2. The molecule has 1 saturated heterocycles. The standard InChI is InChI=1S/C11H15N3O3/c1-6-10(11(17-3)14(2)13-6)7-4-8(15)12-9(16)5-7/h7H,4-5H2,1-3H3,(H,12,15,16). The number of imide groups is 1. The van der Waals surface area contributed by atoms with Gasteiger partial charge in [0.05, 0.1) is 12.8 Å². The Morgan fingerprint density at radius 2 is 1.94 bits per heavy atom. The summed E-state index contributed by atoms with van der Waals surface area (Å²) in [6, 6.07) is 0. The first-order valence-corrected chi connectivity index (χ1v) is 5.43. The summed E-state index contributed by atoms with van der Waals surface area (Å²) in [5.41, 5.74) is 1.66. The van der Waals surface area contributed by atoms with Gasteiger partial charge in [-0.15, -0.1) is 0 Å². The van der Waals surface area contributed by atoms with Crippen LogP contribution in [0.4, 0.5) is 0 Å². The predicted octanol–water partition coefficient (Wildman–Crippen LogP) is 0.257. The van der Waals surface area contributed by atoms with E-state index in [0.717, 1.165) is 11.3 Å². The van der Waals surface area contributed by atoms with Crippen molar-refractivity contribution in [3.8, 4) is 5.88 Å². The van der Waals surface area contributed by atoms with Gasteiger partial charge in [-0.25, -0.2) is 4.68 Å². The second kappa shape index (κ2) is 4.20. The number of hydrogen-bond donors (Lipinski definition) is 1. The second-order valence-electron chi connectivity index (χ2n) is 4.21. The summed E-state index contributed by atoms with van der Waals surface area (Å²) >= 11 is 0. The maximum atomic E-state index is 11.4. The highest BCUT2D eigenvalue weighted by molar-refractivity contribution is 5.98. The molecule has 0 bridgehead atoms. The Morgan fingerprint density at radius 1 is 1.35 bits per heavy atom. The normalized spacial score (nSPS) is 17.1. The lowest BCUT2D eigenvalue weighted by molar-refractivity contribution is -0.133. The quantitative estimate of drug-likeness (QED) is 0.749. The molecule has 6 nitrogen and oxygen atoms in total. The third-order valence-electron chi connectivity index (χ3n) is 2.96. The average molecular weight is 237 g/mol. The molecule has 1 N–H and O–H groups in total. The third-order valence-corrected chi connectivity index (χ3v) is 2.96. The van der Waals surface area contributed by atoms with Gasteiger partial charge in [0.2, 0.25) is 17.7 Å². The fourth-order valence-corrected chi connectivity index (χ4v) is 2.35. The third kappa shape index (κ3) is 2.02. The number of nitrogens with one attached hydrogen (secondary N) is 1. The van der Waals surface area contributed by atoms with E-state index in [2.05, 4.69) is 10.4 Å². The Labute approximate surface area is 98.9 Å². The summed E-state index contributed by atoms with van der Waals surface area (Å²) < 4.78 is 6.90. The lowest BCUT2D eigenvalue weighted by Gasteiger charge is -2.21. The molecule has 0 spiro atoms. The maximum absolute atomic E-state index is 11.4. The number of aryl methyl sites for hydroxylation is 2. The largest absolute Gasteiger partial charge is 0.481 e. The molecule has 0 saturated carbocycles. The summed E-state index contributed by atoms with van der Waals surface area (Å²) in [5.74, 6) is 0.00279. The SMILES string of the molecule is COc1c(C2CC(=O)NC(=O)C2)c(C)nn1C. The van der Waals surface area contributed by atoms with E-state index in [1.54, 1.807) is 18.8 Å². The van der Waals surface area contributed by atoms with Crippen LogP contribution >= 0.6 is 0 Å². The molecule has 1 aliphatic heterocycles. The topological polar surface area (TPSA) is 73.2 Å².